The van der Waals surface area contributed by atoms with Crippen molar-refractivity contribution in [3.63, 3.8) is 0 Å². The molecule has 0 fully saturated rings. The molecule has 0 aliphatic carbocycles. The van der Waals surface area contributed by atoms with E-state index in [1.165, 1.54) is 7.11 Å². The normalized spacial score (nSPS) is 12.2. The number of amides is 2. The van der Waals surface area contributed by atoms with Crippen molar-refractivity contribution in [3.05, 3.63) is 83.1 Å². The van der Waals surface area contributed by atoms with Crippen LogP contribution in [0.1, 0.15) is 37.0 Å². The van der Waals surface area contributed by atoms with E-state index in [1.54, 1.807) is 12.1 Å². The summed E-state index contributed by atoms with van der Waals surface area (Å²) in [7, 11) is 1.54. The van der Waals surface area contributed by atoms with Crippen molar-refractivity contribution in [3.8, 4) is 11.1 Å². The topological polar surface area (TPSA) is 81.4 Å². The number of hydrogen-bond donors (Lipinski definition) is 2. The maximum Gasteiger partial charge on any atom is 0.251 e. The molecule has 0 radical (unpaired) electrons. The summed E-state index contributed by atoms with van der Waals surface area (Å²) >= 11 is 0. The lowest BCUT2D eigenvalue weighted by atomic mass is 10.0. The number of hydrogen-bond acceptors (Lipinski definition) is 3. The lowest BCUT2D eigenvalue weighted by Gasteiger charge is -2.10. The number of allylic oxidation sites excluding steroid dienone is 1. The van der Waals surface area contributed by atoms with E-state index in [1.807, 2.05) is 62.4 Å². The molecule has 0 aliphatic heterocycles. The molecule has 0 saturated carbocycles. The van der Waals surface area contributed by atoms with E-state index in [0.717, 1.165) is 23.1 Å². The standard InChI is InChI=1S/C24H28N2O3/c1-4-17(2)22(23(25)27)16-21(29-3)13-14-26-24(28)20-12-8-11-19(15-20)18-9-6-5-7-10-18/h5-12,15-16H,4,13-14H2,1-3H3,(H2,25,27)(H,26,28)/b21-16-,22-17?. The minimum Gasteiger partial charge on any atom is -0.501 e. The Balaban J connectivity index is 2.03. The average Bonchev–Trinajstić information content (AvgIpc) is 2.75. The molecule has 0 aliphatic rings. The molecule has 3 N–H and O–H groups in total. The van der Waals surface area contributed by atoms with Gasteiger partial charge in [-0.3, -0.25) is 9.59 Å². The predicted octanol–water partition coefficient (Wildman–Crippen LogP) is 4.22. The highest BCUT2D eigenvalue weighted by Crippen LogP contribution is 2.20. The van der Waals surface area contributed by atoms with Gasteiger partial charge in [-0.1, -0.05) is 55.0 Å². The molecule has 0 spiro atoms. The molecule has 2 rings (SSSR count). The van der Waals surface area contributed by atoms with Crippen molar-refractivity contribution in [2.45, 2.75) is 26.7 Å². The molecule has 0 unspecified atom stereocenters. The molecule has 0 saturated heterocycles. The zero-order chi connectivity index (χ0) is 21.2. The quantitative estimate of drug-likeness (QED) is 0.381. The van der Waals surface area contributed by atoms with Crippen molar-refractivity contribution in [2.24, 2.45) is 5.73 Å². The van der Waals surface area contributed by atoms with E-state index in [-0.39, 0.29) is 5.91 Å². The van der Waals surface area contributed by atoms with Crippen molar-refractivity contribution in [1.29, 1.82) is 0 Å². The summed E-state index contributed by atoms with van der Waals surface area (Å²) in [6.45, 7) is 4.21. The summed E-state index contributed by atoms with van der Waals surface area (Å²) in [5, 5.41) is 2.90. The minimum atomic E-state index is -0.485. The molecule has 5 nitrogen and oxygen atoms in total. The van der Waals surface area contributed by atoms with Gasteiger partial charge in [0.25, 0.3) is 5.91 Å². The Labute approximate surface area is 172 Å². The van der Waals surface area contributed by atoms with Gasteiger partial charge >= 0.3 is 0 Å². The maximum atomic E-state index is 12.5. The minimum absolute atomic E-state index is 0.159. The van der Waals surface area contributed by atoms with Crippen LogP contribution in [0, 0.1) is 0 Å². The largest absolute Gasteiger partial charge is 0.501 e. The number of nitrogens with two attached hydrogens (primary N) is 1. The first-order chi connectivity index (χ1) is 14.0. The number of rotatable bonds is 9. The molecule has 2 amide bonds. The molecule has 5 heteroatoms. The Morgan fingerprint density at radius 3 is 2.38 bits per heavy atom. The molecule has 2 aromatic rings. The van der Waals surface area contributed by atoms with Gasteiger partial charge in [-0.2, -0.15) is 0 Å². The summed E-state index contributed by atoms with van der Waals surface area (Å²) in [4.78, 5) is 24.2. The van der Waals surface area contributed by atoms with Gasteiger partial charge in [-0.15, -0.1) is 0 Å². The van der Waals surface area contributed by atoms with Crippen molar-refractivity contribution < 1.29 is 14.3 Å². The molecule has 2 aromatic carbocycles. The van der Waals surface area contributed by atoms with Gasteiger partial charge in [0.05, 0.1) is 12.9 Å². The zero-order valence-electron chi connectivity index (χ0n) is 17.2. The van der Waals surface area contributed by atoms with Gasteiger partial charge in [0, 0.05) is 24.1 Å². The van der Waals surface area contributed by atoms with Crippen LogP contribution in [0.25, 0.3) is 11.1 Å². The van der Waals surface area contributed by atoms with Crippen LogP contribution in [-0.4, -0.2) is 25.5 Å². The number of nitrogens with one attached hydrogen (secondary N) is 1. The van der Waals surface area contributed by atoms with Gasteiger partial charge < -0.3 is 15.8 Å². The number of carbonyl (C=O) groups is 2. The Bertz CT molecular complexity index is 915. The van der Waals surface area contributed by atoms with Crippen LogP contribution in [0.15, 0.2) is 77.6 Å². The molecular formula is C24H28N2O3. The molecular weight excluding hydrogens is 364 g/mol. The van der Waals surface area contributed by atoms with Crippen LogP contribution in [-0.2, 0) is 9.53 Å². The second-order valence-electron chi connectivity index (χ2n) is 6.68. The second-order valence-corrected chi connectivity index (χ2v) is 6.68. The van der Waals surface area contributed by atoms with Crippen molar-refractivity contribution >= 4 is 11.8 Å². The third-order valence-corrected chi connectivity index (χ3v) is 4.71. The van der Waals surface area contributed by atoms with E-state index in [2.05, 4.69) is 5.32 Å². The average molecular weight is 392 g/mol. The maximum absolute atomic E-state index is 12.5. The summed E-state index contributed by atoms with van der Waals surface area (Å²) in [5.41, 5.74) is 9.45. The summed E-state index contributed by atoms with van der Waals surface area (Å²) < 4.78 is 5.36. The van der Waals surface area contributed by atoms with E-state index in [9.17, 15) is 9.59 Å². The molecule has 152 valence electrons. The highest BCUT2D eigenvalue weighted by atomic mass is 16.5. The molecule has 0 heterocycles. The predicted molar refractivity (Wildman–Crippen MR) is 116 cm³/mol. The van der Waals surface area contributed by atoms with Gasteiger partial charge in [0.1, 0.15) is 0 Å². The smallest absolute Gasteiger partial charge is 0.251 e. The number of carbonyl (C=O) groups excluding carboxylic acids is 2. The Morgan fingerprint density at radius 2 is 1.76 bits per heavy atom. The molecule has 0 aromatic heterocycles. The van der Waals surface area contributed by atoms with Crippen LogP contribution in [0.4, 0.5) is 0 Å². The highest BCUT2D eigenvalue weighted by molar-refractivity contribution is 5.96. The van der Waals surface area contributed by atoms with E-state index >= 15 is 0 Å². The van der Waals surface area contributed by atoms with Crippen molar-refractivity contribution in [2.75, 3.05) is 13.7 Å². The van der Waals surface area contributed by atoms with Crippen LogP contribution in [0.3, 0.4) is 0 Å². The van der Waals surface area contributed by atoms with Crippen LogP contribution in [0.2, 0.25) is 0 Å². The third kappa shape index (κ3) is 6.35. The lowest BCUT2D eigenvalue weighted by Crippen LogP contribution is -2.25. The second kappa shape index (κ2) is 10.9. The Hall–Kier alpha value is -3.34. The van der Waals surface area contributed by atoms with E-state index < -0.39 is 5.91 Å². The van der Waals surface area contributed by atoms with Crippen LogP contribution in [0.5, 0.6) is 0 Å². The van der Waals surface area contributed by atoms with Gasteiger partial charge in [0.2, 0.25) is 5.91 Å². The number of primary amides is 1. The first-order valence-corrected chi connectivity index (χ1v) is 9.64. The third-order valence-electron chi connectivity index (χ3n) is 4.71. The molecule has 0 bridgehead atoms. The van der Waals surface area contributed by atoms with Gasteiger partial charge in [-0.25, -0.2) is 0 Å². The number of ether oxygens (including phenoxy) is 1. The molecule has 0 atom stereocenters. The summed E-state index contributed by atoms with van der Waals surface area (Å²) in [6, 6.07) is 17.4. The number of methoxy groups -OCH3 is 1. The monoisotopic (exact) mass is 392 g/mol. The number of benzene rings is 2. The SMILES string of the molecule is CCC(C)=C(/C=C(/CCNC(=O)c1cccc(-c2ccccc2)c1)OC)C(N)=O. The van der Waals surface area contributed by atoms with Crippen molar-refractivity contribution in [1.82, 2.24) is 5.32 Å². The first kappa shape index (κ1) is 22.0. The molecule has 29 heavy (non-hydrogen) atoms. The summed E-state index contributed by atoms with van der Waals surface area (Å²) in [6.07, 6.45) is 2.83. The lowest BCUT2D eigenvalue weighted by molar-refractivity contribution is -0.114. The van der Waals surface area contributed by atoms with Crippen LogP contribution < -0.4 is 11.1 Å². The Kier molecular flexibility index (Phi) is 8.22. The summed E-state index contributed by atoms with van der Waals surface area (Å²) in [5.74, 6) is -0.0563. The van der Waals surface area contributed by atoms with Gasteiger partial charge in [0.15, 0.2) is 0 Å². The highest BCUT2D eigenvalue weighted by Gasteiger charge is 2.10. The fourth-order valence-electron chi connectivity index (χ4n) is 2.86. The first-order valence-electron chi connectivity index (χ1n) is 9.64. The fourth-order valence-corrected chi connectivity index (χ4v) is 2.86. The van der Waals surface area contributed by atoms with Crippen LogP contribution >= 0.6 is 0 Å². The van der Waals surface area contributed by atoms with E-state index in [4.69, 9.17) is 10.5 Å². The van der Waals surface area contributed by atoms with Gasteiger partial charge in [-0.05, 0) is 42.7 Å². The zero-order valence-corrected chi connectivity index (χ0v) is 17.2. The van der Waals surface area contributed by atoms with E-state index in [0.29, 0.717) is 29.9 Å². The fraction of sp³-hybridized carbons (Fsp3) is 0.250. The Morgan fingerprint density at radius 1 is 1.07 bits per heavy atom.